The van der Waals surface area contributed by atoms with Gasteiger partial charge in [0.1, 0.15) is 6.61 Å². The van der Waals surface area contributed by atoms with Gasteiger partial charge in [-0.3, -0.25) is 9.78 Å². The van der Waals surface area contributed by atoms with Crippen LogP contribution in [0.3, 0.4) is 0 Å². The number of allylic oxidation sites excluding steroid dienone is 1. The van der Waals surface area contributed by atoms with Gasteiger partial charge in [0, 0.05) is 17.5 Å². The average molecular weight is 296 g/mol. The molecule has 4 heteroatoms. The van der Waals surface area contributed by atoms with Crippen LogP contribution in [0.15, 0.2) is 24.4 Å². The number of ketones is 1. The van der Waals surface area contributed by atoms with Crippen LogP contribution in [0.1, 0.15) is 25.0 Å². The first kappa shape index (κ1) is 14.6. The molecule has 1 aliphatic rings. The molecular weight excluding hydrogens is 276 g/mol. The van der Waals surface area contributed by atoms with Gasteiger partial charge in [0.05, 0.1) is 23.9 Å². The molecule has 1 aliphatic heterocycles. The number of anilines is 1. The molecule has 0 bridgehead atoms. The summed E-state index contributed by atoms with van der Waals surface area (Å²) < 4.78 is 5.77. The summed E-state index contributed by atoms with van der Waals surface area (Å²) >= 11 is 0. The van der Waals surface area contributed by atoms with E-state index >= 15 is 0 Å². The molecule has 114 valence electrons. The van der Waals surface area contributed by atoms with Crippen LogP contribution >= 0.6 is 0 Å². The lowest BCUT2D eigenvalue weighted by molar-refractivity contribution is -0.112. The zero-order chi connectivity index (χ0) is 15.7. The summed E-state index contributed by atoms with van der Waals surface area (Å²) in [5.41, 5.74) is 4.13. The van der Waals surface area contributed by atoms with E-state index in [9.17, 15) is 4.79 Å². The third-order valence-corrected chi connectivity index (χ3v) is 3.90. The number of carbonyl (C=O) groups excluding carboxylic acids is 1. The van der Waals surface area contributed by atoms with E-state index in [4.69, 9.17) is 4.74 Å². The maximum Gasteiger partial charge on any atom is 0.161 e. The average Bonchev–Trinajstić information content (AvgIpc) is 2.51. The second kappa shape index (κ2) is 5.79. The monoisotopic (exact) mass is 296 g/mol. The quantitative estimate of drug-likeness (QED) is 0.815. The number of benzene rings is 1. The normalized spacial score (nSPS) is 14.2. The summed E-state index contributed by atoms with van der Waals surface area (Å²) in [6, 6.07) is 4.20. The first-order valence-electron chi connectivity index (χ1n) is 7.60. The lowest BCUT2D eigenvalue weighted by atomic mass is 10.0. The molecule has 0 atom stereocenters. The van der Waals surface area contributed by atoms with Gasteiger partial charge in [0.15, 0.2) is 11.5 Å². The number of ether oxygens (including phenoxy) is 1. The van der Waals surface area contributed by atoms with Crippen molar-refractivity contribution < 1.29 is 9.53 Å². The molecule has 0 unspecified atom stereocenters. The number of fused-ring (bicyclic) bond motifs is 3. The van der Waals surface area contributed by atoms with Crippen LogP contribution in [0.2, 0.25) is 0 Å². The molecule has 2 aromatic rings. The fourth-order valence-electron chi connectivity index (χ4n) is 2.91. The molecule has 0 spiro atoms. The Balaban J connectivity index is 2.27. The molecule has 0 fully saturated rings. The zero-order valence-corrected chi connectivity index (χ0v) is 13.2. The van der Waals surface area contributed by atoms with Crippen molar-refractivity contribution in [3.63, 3.8) is 0 Å². The van der Waals surface area contributed by atoms with Crippen molar-refractivity contribution in [2.45, 2.75) is 20.8 Å². The Labute approximate surface area is 130 Å². The fraction of sp³-hybridized carbons (Fsp3) is 0.333. The Morgan fingerprint density at radius 3 is 3.00 bits per heavy atom. The summed E-state index contributed by atoms with van der Waals surface area (Å²) in [6.45, 7) is 8.27. The first-order chi connectivity index (χ1) is 10.6. The molecule has 2 heterocycles. The second-order valence-corrected chi connectivity index (χ2v) is 5.59. The van der Waals surface area contributed by atoms with Crippen molar-refractivity contribution in [1.82, 2.24) is 4.98 Å². The van der Waals surface area contributed by atoms with Crippen LogP contribution in [0.4, 0.5) is 5.69 Å². The molecule has 1 aromatic heterocycles. The lowest BCUT2D eigenvalue weighted by Crippen LogP contribution is -2.32. The largest absolute Gasteiger partial charge is 0.488 e. The molecule has 1 aromatic carbocycles. The van der Waals surface area contributed by atoms with Gasteiger partial charge in [-0.2, -0.15) is 0 Å². The Kier molecular flexibility index (Phi) is 3.84. The number of carbonyl (C=O) groups is 1. The van der Waals surface area contributed by atoms with Crippen LogP contribution in [0.25, 0.3) is 17.0 Å². The number of likely N-dealkylation sites (N-methyl/N-ethyl adjacent to an activating group) is 1. The van der Waals surface area contributed by atoms with Gasteiger partial charge in [-0.25, -0.2) is 0 Å². The minimum atomic E-state index is 0.0335. The predicted octanol–water partition coefficient (Wildman–Crippen LogP) is 3.36. The fourth-order valence-corrected chi connectivity index (χ4v) is 2.91. The van der Waals surface area contributed by atoms with E-state index in [1.54, 1.807) is 19.2 Å². The van der Waals surface area contributed by atoms with E-state index in [-0.39, 0.29) is 5.78 Å². The number of nitrogens with zero attached hydrogens (tertiary/aromatic N) is 2. The molecule has 0 N–H and O–H groups in total. The van der Waals surface area contributed by atoms with E-state index in [0.29, 0.717) is 6.61 Å². The summed E-state index contributed by atoms with van der Waals surface area (Å²) in [6.07, 6.45) is 5.22. The number of hydrogen-bond donors (Lipinski definition) is 0. The van der Waals surface area contributed by atoms with Crippen LogP contribution in [-0.2, 0) is 4.79 Å². The third-order valence-electron chi connectivity index (χ3n) is 3.90. The maximum atomic E-state index is 11.2. The molecule has 0 amide bonds. The smallest absolute Gasteiger partial charge is 0.161 e. The summed E-state index contributed by atoms with van der Waals surface area (Å²) in [5.74, 6) is 0.874. The van der Waals surface area contributed by atoms with Gasteiger partial charge in [-0.1, -0.05) is 0 Å². The highest BCUT2D eigenvalue weighted by Gasteiger charge is 2.21. The Hall–Kier alpha value is -2.36. The summed E-state index contributed by atoms with van der Waals surface area (Å²) in [4.78, 5) is 18.1. The van der Waals surface area contributed by atoms with Crippen molar-refractivity contribution >= 4 is 28.4 Å². The second-order valence-electron chi connectivity index (χ2n) is 5.59. The number of rotatable bonds is 3. The minimum Gasteiger partial charge on any atom is -0.488 e. The molecule has 0 radical (unpaired) electrons. The molecule has 22 heavy (non-hydrogen) atoms. The van der Waals surface area contributed by atoms with E-state index in [1.807, 2.05) is 6.08 Å². The summed E-state index contributed by atoms with van der Waals surface area (Å²) in [7, 11) is 0. The standard InChI is InChI=1S/C18H20N2O2/c1-4-20-7-8-22-16-11-19-17-14(6-5-13(3)21)9-12(2)10-15(17)18(16)20/h5-6,9-11H,4,7-8H2,1-3H3/b6-5+. The Morgan fingerprint density at radius 2 is 2.27 bits per heavy atom. The van der Waals surface area contributed by atoms with Gasteiger partial charge >= 0.3 is 0 Å². The van der Waals surface area contributed by atoms with E-state index < -0.39 is 0 Å². The van der Waals surface area contributed by atoms with Gasteiger partial charge in [-0.15, -0.1) is 0 Å². The molecule has 0 saturated carbocycles. The highest BCUT2D eigenvalue weighted by atomic mass is 16.5. The number of hydrogen-bond acceptors (Lipinski definition) is 4. The Morgan fingerprint density at radius 1 is 1.45 bits per heavy atom. The number of pyridine rings is 1. The third kappa shape index (κ3) is 2.56. The minimum absolute atomic E-state index is 0.0335. The van der Waals surface area contributed by atoms with Crippen molar-refractivity contribution in [2.24, 2.45) is 0 Å². The Bertz CT molecular complexity index is 765. The maximum absolute atomic E-state index is 11.2. The van der Waals surface area contributed by atoms with Crippen LogP contribution in [0, 0.1) is 6.92 Å². The lowest BCUT2D eigenvalue weighted by Gasteiger charge is -2.31. The van der Waals surface area contributed by atoms with E-state index in [1.165, 1.54) is 0 Å². The number of aromatic nitrogens is 1. The topological polar surface area (TPSA) is 42.4 Å². The van der Waals surface area contributed by atoms with Crippen molar-refractivity contribution in [3.8, 4) is 5.75 Å². The van der Waals surface area contributed by atoms with E-state index in [0.717, 1.165) is 46.6 Å². The SMILES string of the molecule is CCN1CCOc2cnc3c(/C=C/C(C)=O)cc(C)cc3c21. The molecule has 0 saturated heterocycles. The highest BCUT2D eigenvalue weighted by molar-refractivity contribution is 6.01. The molecule has 3 rings (SSSR count). The van der Waals surface area contributed by atoms with Crippen LogP contribution in [-0.4, -0.2) is 30.5 Å². The molecular formula is C18H20N2O2. The molecule has 0 aliphatic carbocycles. The van der Waals surface area contributed by atoms with Crippen molar-refractivity contribution in [2.75, 3.05) is 24.6 Å². The zero-order valence-electron chi connectivity index (χ0n) is 13.2. The molecule has 4 nitrogen and oxygen atoms in total. The van der Waals surface area contributed by atoms with Gasteiger partial charge in [-0.05, 0) is 50.6 Å². The first-order valence-corrected chi connectivity index (χ1v) is 7.60. The van der Waals surface area contributed by atoms with Crippen LogP contribution < -0.4 is 9.64 Å². The van der Waals surface area contributed by atoms with Gasteiger partial charge < -0.3 is 9.64 Å². The van der Waals surface area contributed by atoms with E-state index in [2.05, 4.69) is 35.9 Å². The highest BCUT2D eigenvalue weighted by Crippen LogP contribution is 2.38. The predicted molar refractivity (Wildman–Crippen MR) is 89.6 cm³/mol. The van der Waals surface area contributed by atoms with Crippen molar-refractivity contribution in [3.05, 3.63) is 35.5 Å². The number of aryl methyl sites for hydroxylation is 1. The summed E-state index contributed by atoms with van der Waals surface area (Å²) in [5, 5.41) is 1.09. The van der Waals surface area contributed by atoms with Crippen molar-refractivity contribution in [1.29, 1.82) is 0 Å². The van der Waals surface area contributed by atoms with Gasteiger partial charge in [0.2, 0.25) is 0 Å². The van der Waals surface area contributed by atoms with Gasteiger partial charge in [0.25, 0.3) is 0 Å². The van der Waals surface area contributed by atoms with Crippen LogP contribution in [0.5, 0.6) is 5.75 Å².